The van der Waals surface area contributed by atoms with Crippen LogP contribution in [0.25, 0.3) is 0 Å². The Bertz CT molecular complexity index is 594. The molecule has 3 N–H and O–H groups in total. The molecule has 2 rings (SSSR count). The highest BCUT2D eigenvalue weighted by Crippen LogP contribution is 2.26. The molecule has 0 spiro atoms. The Hall–Kier alpha value is -1.60. The maximum atomic E-state index is 13.0. The topological polar surface area (TPSA) is 84.7 Å². The van der Waals surface area contributed by atoms with Gasteiger partial charge in [0.15, 0.2) is 0 Å². The molecule has 2 amide bonds. The minimum atomic E-state index is -0.0713. The van der Waals surface area contributed by atoms with Crippen LogP contribution >= 0.6 is 15.9 Å². The number of rotatable bonds is 6. The lowest BCUT2D eigenvalue weighted by molar-refractivity contribution is -0.121. The van der Waals surface area contributed by atoms with Gasteiger partial charge in [0.2, 0.25) is 5.91 Å². The molecule has 1 unspecified atom stereocenters. The molecule has 1 aromatic rings. The summed E-state index contributed by atoms with van der Waals surface area (Å²) >= 11 is 3.44. The van der Waals surface area contributed by atoms with Gasteiger partial charge in [-0.2, -0.15) is 0 Å². The number of piperidine rings is 1. The number of hydrogen-bond acceptors (Lipinski definition) is 4. The van der Waals surface area contributed by atoms with Gasteiger partial charge in [-0.15, -0.1) is 0 Å². The van der Waals surface area contributed by atoms with E-state index < -0.39 is 0 Å². The molecule has 1 fully saturated rings. The minimum Gasteiger partial charge on any atom is -0.497 e. The van der Waals surface area contributed by atoms with Crippen molar-refractivity contribution in [2.75, 3.05) is 26.7 Å². The highest BCUT2D eigenvalue weighted by molar-refractivity contribution is 9.10. The first-order valence-corrected chi connectivity index (χ1v) is 8.97. The summed E-state index contributed by atoms with van der Waals surface area (Å²) < 4.78 is 5.96. The Balaban J connectivity index is 2.11. The van der Waals surface area contributed by atoms with E-state index in [0.29, 0.717) is 37.4 Å². The van der Waals surface area contributed by atoms with Crippen molar-refractivity contribution >= 4 is 27.7 Å². The third kappa shape index (κ3) is 4.70. The van der Waals surface area contributed by atoms with Crippen molar-refractivity contribution in [2.45, 2.75) is 31.7 Å². The van der Waals surface area contributed by atoms with Crippen molar-refractivity contribution in [3.8, 4) is 5.75 Å². The molecule has 0 saturated carbocycles. The molecule has 0 aromatic heterocycles. The van der Waals surface area contributed by atoms with Gasteiger partial charge >= 0.3 is 0 Å². The van der Waals surface area contributed by atoms with E-state index >= 15 is 0 Å². The van der Waals surface area contributed by atoms with Crippen LogP contribution in [-0.2, 0) is 4.79 Å². The van der Waals surface area contributed by atoms with Crippen LogP contribution in [0.5, 0.6) is 5.75 Å². The molecule has 1 atom stereocenters. The van der Waals surface area contributed by atoms with E-state index in [1.54, 1.807) is 13.2 Å². The quantitative estimate of drug-likeness (QED) is 0.767. The van der Waals surface area contributed by atoms with Crippen LogP contribution in [-0.4, -0.2) is 49.5 Å². The van der Waals surface area contributed by atoms with Gasteiger partial charge in [0.05, 0.1) is 12.7 Å². The summed E-state index contributed by atoms with van der Waals surface area (Å²) in [5.41, 5.74) is 5.97. The van der Waals surface area contributed by atoms with Crippen molar-refractivity contribution in [3.05, 3.63) is 28.2 Å². The zero-order valence-corrected chi connectivity index (χ0v) is 15.5. The van der Waals surface area contributed by atoms with E-state index in [4.69, 9.17) is 10.5 Å². The number of hydrogen-bond donors (Lipinski definition) is 2. The van der Waals surface area contributed by atoms with Gasteiger partial charge in [0.1, 0.15) is 5.75 Å². The molecule has 24 heavy (non-hydrogen) atoms. The molecule has 1 aliphatic rings. The number of nitrogens with zero attached hydrogens (tertiary/aromatic N) is 1. The summed E-state index contributed by atoms with van der Waals surface area (Å²) in [4.78, 5) is 26.5. The van der Waals surface area contributed by atoms with Crippen LogP contribution in [0.4, 0.5) is 0 Å². The second-order valence-electron chi connectivity index (χ2n) is 5.84. The minimum absolute atomic E-state index is 0.00563. The van der Waals surface area contributed by atoms with Crippen LogP contribution in [0.3, 0.4) is 0 Å². The molecule has 0 bridgehead atoms. The van der Waals surface area contributed by atoms with Crippen LogP contribution in [0.15, 0.2) is 22.7 Å². The highest BCUT2D eigenvalue weighted by Gasteiger charge is 2.29. The Morgan fingerprint density at radius 3 is 2.92 bits per heavy atom. The maximum Gasteiger partial charge on any atom is 0.255 e. The molecule has 0 radical (unpaired) electrons. The lowest BCUT2D eigenvalue weighted by atomic mass is 10.0. The molecule has 1 aliphatic heterocycles. The lowest BCUT2D eigenvalue weighted by Gasteiger charge is -2.36. The first kappa shape index (κ1) is 18.7. The van der Waals surface area contributed by atoms with E-state index in [-0.39, 0.29) is 17.9 Å². The fourth-order valence-corrected chi connectivity index (χ4v) is 3.30. The van der Waals surface area contributed by atoms with Gasteiger partial charge in [-0.1, -0.05) is 0 Å². The first-order valence-electron chi connectivity index (χ1n) is 8.18. The maximum absolute atomic E-state index is 13.0. The molecular weight excluding hydrogens is 374 g/mol. The summed E-state index contributed by atoms with van der Waals surface area (Å²) in [5, 5.41) is 2.88. The number of amides is 2. The van der Waals surface area contributed by atoms with E-state index in [1.165, 1.54) is 0 Å². The Kier molecular flexibility index (Phi) is 7.05. The number of ether oxygens (including phenoxy) is 1. The van der Waals surface area contributed by atoms with Crippen LogP contribution < -0.4 is 15.8 Å². The number of nitrogens with two attached hydrogens (primary N) is 1. The average Bonchev–Trinajstić information content (AvgIpc) is 2.60. The van der Waals surface area contributed by atoms with Crippen LogP contribution in [0.2, 0.25) is 0 Å². The number of benzene rings is 1. The average molecular weight is 398 g/mol. The number of nitrogens with one attached hydrogen (secondary N) is 1. The van der Waals surface area contributed by atoms with Gasteiger partial charge in [0.25, 0.3) is 5.91 Å². The summed E-state index contributed by atoms with van der Waals surface area (Å²) in [7, 11) is 1.58. The summed E-state index contributed by atoms with van der Waals surface area (Å²) in [5.74, 6) is 0.531. The normalized spacial score (nSPS) is 17.5. The standard InChI is InChI=1S/C17H24BrN3O3/c1-24-13-5-6-15(18)14(10-13)17(23)21-9-3-2-4-12(21)11-20-16(22)7-8-19/h5-6,10,12H,2-4,7-9,11,19H2,1H3,(H,20,22). The van der Waals surface area contributed by atoms with Crippen molar-refractivity contribution in [2.24, 2.45) is 5.73 Å². The van der Waals surface area contributed by atoms with E-state index in [2.05, 4.69) is 21.2 Å². The Morgan fingerprint density at radius 2 is 2.21 bits per heavy atom. The Morgan fingerprint density at radius 1 is 1.42 bits per heavy atom. The lowest BCUT2D eigenvalue weighted by Crippen LogP contribution is -2.49. The van der Waals surface area contributed by atoms with E-state index in [1.807, 2.05) is 17.0 Å². The molecule has 1 aromatic carbocycles. The van der Waals surface area contributed by atoms with Crippen molar-refractivity contribution < 1.29 is 14.3 Å². The number of halogens is 1. The second-order valence-corrected chi connectivity index (χ2v) is 6.69. The zero-order chi connectivity index (χ0) is 17.5. The summed E-state index contributed by atoms with van der Waals surface area (Å²) in [6, 6.07) is 5.37. The van der Waals surface area contributed by atoms with Crippen molar-refractivity contribution in [1.29, 1.82) is 0 Å². The monoisotopic (exact) mass is 397 g/mol. The zero-order valence-electron chi connectivity index (χ0n) is 13.9. The van der Waals surface area contributed by atoms with Gasteiger partial charge in [-0.3, -0.25) is 9.59 Å². The third-order valence-corrected chi connectivity index (χ3v) is 4.89. The number of methoxy groups -OCH3 is 1. The molecule has 7 heteroatoms. The van der Waals surface area contributed by atoms with Gasteiger partial charge in [-0.05, 0) is 53.4 Å². The van der Waals surface area contributed by atoms with Gasteiger partial charge < -0.3 is 20.7 Å². The molecule has 1 saturated heterocycles. The molecule has 0 aliphatic carbocycles. The van der Waals surface area contributed by atoms with E-state index in [9.17, 15) is 9.59 Å². The second kappa shape index (κ2) is 9.03. The fourth-order valence-electron chi connectivity index (χ4n) is 2.88. The fraction of sp³-hybridized carbons (Fsp3) is 0.529. The van der Waals surface area contributed by atoms with Gasteiger partial charge in [-0.25, -0.2) is 0 Å². The largest absolute Gasteiger partial charge is 0.497 e. The molecule has 132 valence electrons. The number of carbonyl (C=O) groups is 2. The van der Waals surface area contributed by atoms with Crippen LogP contribution in [0.1, 0.15) is 36.0 Å². The SMILES string of the molecule is COc1ccc(Br)c(C(=O)N2CCCCC2CNC(=O)CCN)c1. The predicted molar refractivity (Wildman–Crippen MR) is 96.1 cm³/mol. The predicted octanol–water partition coefficient (Wildman–Crippen LogP) is 1.92. The van der Waals surface area contributed by atoms with E-state index in [0.717, 1.165) is 23.7 Å². The van der Waals surface area contributed by atoms with Crippen LogP contribution in [0, 0.1) is 0 Å². The molecular formula is C17H24BrN3O3. The highest BCUT2D eigenvalue weighted by atomic mass is 79.9. The van der Waals surface area contributed by atoms with Crippen molar-refractivity contribution in [1.82, 2.24) is 10.2 Å². The summed E-state index contributed by atoms with van der Waals surface area (Å²) in [6.07, 6.45) is 3.22. The molecule has 1 heterocycles. The van der Waals surface area contributed by atoms with Gasteiger partial charge in [0, 0.05) is 36.6 Å². The first-order chi connectivity index (χ1) is 11.6. The smallest absolute Gasteiger partial charge is 0.255 e. The third-order valence-electron chi connectivity index (χ3n) is 4.20. The Labute approximate surface area is 150 Å². The number of carbonyl (C=O) groups excluding carboxylic acids is 2. The summed E-state index contributed by atoms with van der Waals surface area (Å²) in [6.45, 7) is 1.49. The number of likely N-dealkylation sites (tertiary alicyclic amines) is 1. The van der Waals surface area contributed by atoms with Crippen molar-refractivity contribution in [3.63, 3.8) is 0 Å². The molecule has 6 nitrogen and oxygen atoms in total.